The molecule has 0 amide bonds. The summed E-state index contributed by atoms with van der Waals surface area (Å²) in [5, 5.41) is 59.8. The van der Waals surface area contributed by atoms with Crippen molar-refractivity contribution < 1.29 is 54.4 Å². The Kier molecular flexibility index (Phi) is 6.43. The van der Waals surface area contributed by atoms with Crippen LogP contribution < -0.4 is 14.2 Å². The lowest BCUT2D eigenvalue weighted by Crippen LogP contribution is -2.60. The van der Waals surface area contributed by atoms with E-state index in [9.17, 15) is 35.4 Å². The summed E-state index contributed by atoms with van der Waals surface area (Å²) in [6.07, 6.45) is -10.4. The van der Waals surface area contributed by atoms with Gasteiger partial charge in [0.25, 0.3) is 0 Å². The van der Waals surface area contributed by atoms with E-state index in [1.165, 1.54) is 43.5 Å². The summed E-state index contributed by atoms with van der Waals surface area (Å²) in [5.74, 6) is -0.643. The van der Waals surface area contributed by atoms with Crippen LogP contribution in [0.1, 0.15) is 22.0 Å². The second-order valence-electron chi connectivity index (χ2n) is 7.75. The Morgan fingerprint density at radius 1 is 1.00 bits per heavy atom. The highest BCUT2D eigenvalue weighted by molar-refractivity contribution is 6.05. The Morgan fingerprint density at radius 2 is 1.70 bits per heavy atom. The van der Waals surface area contributed by atoms with Crippen LogP contribution in [0.4, 0.5) is 0 Å². The first-order valence-corrected chi connectivity index (χ1v) is 10.1. The zero-order valence-corrected chi connectivity index (χ0v) is 17.4. The third-order valence-corrected chi connectivity index (χ3v) is 5.64. The number of Topliss-reactive ketones (excluding diaryl/α,β-unsaturated/α-hetero) is 1. The number of aliphatic hydroxyl groups excluding tert-OH is 5. The van der Waals surface area contributed by atoms with Crippen LogP contribution in [0.3, 0.4) is 0 Å². The molecule has 0 saturated carbocycles. The third-order valence-electron chi connectivity index (χ3n) is 5.64. The van der Waals surface area contributed by atoms with Gasteiger partial charge in [0.2, 0.25) is 12.1 Å². The lowest BCUT2D eigenvalue weighted by Gasteiger charge is -2.40. The number of hydrogen-bond donors (Lipinski definition) is 6. The van der Waals surface area contributed by atoms with Crippen LogP contribution in [0.15, 0.2) is 36.4 Å². The first-order valence-electron chi connectivity index (χ1n) is 10.1. The molecule has 2 aliphatic rings. The molecular formula is C22H24O11. The molecule has 0 aromatic heterocycles. The van der Waals surface area contributed by atoms with E-state index in [1.807, 2.05) is 0 Å². The first kappa shape index (κ1) is 23.2. The minimum absolute atomic E-state index is 0.00709. The molecule has 0 aliphatic carbocycles. The van der Waals surface area contributed by atoms with E-state index in [1.54, 1.807) is 0 Å². The molecule has 0 spiro atoms. The summed E-state index contributed by atoms with van der Waals surface area (Å²) in [6.45, 7) is -0.657. The average Bonchev–Trinajstić information content (AvgIpc) is 2.81. The quantitative estimate of drug-likeness (QED) is 0.329. The van der Waals surface area contributed by atoms with E-state index in [0.29, 0.717) is 5.56 Å². The van der Waals surface area contributed by atoms with E-state index in [4.69, 9.17) is 18.9 Å². The number of carbonyl (C=O) groups is 1. The van der Waals surface area contributed by atoms with Crippen LogP contribution >= 0.6 is 0 Å². The predicted octanol–water partition coefficient (Wildman–Crippen LogP) is -0.743. The molecule has 6 N–H and O–H groups in total. The topological polar surface area (TPSA) is 175 Å². The molecule has 178 valence electrons. The van der Waals surface area contributed by atoms with Crippen molar-refractivity contribution in [3.63, 3.8) is 0 Å². The molecular weight excluding hydrogens is 440 g/mol. The fourth-order valence-corrected chi connectivity index (χ4v) is 3.80. The van der Waals surface area contributed by atoms with Gasteiger partial charge in [0.15, 0.2) is 12.2 Å². The molecule has 0 bridgehead atoms. The van der Waals surface area contributed by atoms with Crippen LogP contribution in [-0.4, -0.2) is 86.9 Å². The average molecular weight is 464 g/mol. The van der Waals surface area contributed by atoms with Crippen molar-refractivity contribution >= 4 is 5.78 Å². The molecule has 7 atom stereocenters. The Bertz CT molecular complexity index is 1010. The van der Waals surface area contributed by atoms with Gasteiger partial charge in [-0.25, -0.2) is 0 Å². The van der Waals surface area contributed by atoms with Gasteiger partial charge in [0.05, 0.1) is 13.7 Å². The van der Waals surface area contributed by atoms with Crippen LogP contribution in [0.2, 0.25) is 0 Å². The van der Waals surface area contributed by atoms with Gasteiger partial charge in [0, 0.05) is 12.1 Å². The molecule has 2 aromatic carbocycles. The number of ether oxygens (including phenoxy) is 4. The summed E-state index contributed by atoms with van der Waals surface area (Å²) in [4.78, 5) is 13.1. The first-order chi connectivity index (χ1) is 15.7. The number of ketones is 1. The Morgan fingerprint density at radius 3 is 2.33 bits per heavy atom. The van der Waals surface area contributed by atoms with E-state index < -0.39 is 55.3 Å². The molecule has 2 aromatic rings. The van der Waals surface area contributed by atoms with Crippen LogP contribution in [0, 0.1) is 0 Å². The van der Waals surface area contributed by atoms with Gasteiger partial charge in [-0.2, -0.15) is 0 Å². The fourth-order valence-electron chi connectivity index (χ4n) is 3.80. The van der Waals surface area contributed by atoms with Gasteiger partial charge in [0.1, 0.15) is 53.0 Å². The van der Waals surface area contributed by atoms with E-state index in [0.717, 1.165) is 0 Å². The zero-order chi connectivity index (χ0) is 23.9. The van der Waals surface area contributed by atoms with Crippen molar-refractivity contribution in [2.24, 2.45) is 0 Å². The summed E-state index contributed by atoms with van der Waals surface area (Å²) in [5.41, 5.74) is 0.300. The number of phenolic OH excluding ortho intramolecular Hbond substituents is 1. The summed E-state index contributed by atoms with van der Waals surface area (Å²) in [6, 6.07) is 8.54. The van der Waals surface area contributed by atoms with Crippen molar-refractivity contribution in [3.8, 4) is 23.0 Å². The number of benzene rings is 2. The number of phenols is 1. The van der Waals surface area contributed by atoms with Crippen molar-refractivity contribution in [2.75, 3.05) is 13.7 Å². The van der Waals surface area contributed by atoms with Crippen molar-refractivity contribution in [3.05, 3.63) is 47.5 Å². The molecule has 11 nitrogen and oxygen atoms in total. The monoisotopic (exact) mass is 464 g/mol. The Balaban J connectivity index is 1.70. The SMILES string of the molecule is COc1cc(OC2OC(CO)C(O)C(O)C2O)c2c(c1)OC(c1ccc(O)cc1)C(O)C2=O. The number of carbonyl (C=O) groups excluding carboxylic acids is 1. The zero-order valence-electron chi connectivity index (χ0n) is 17.4. The lowest BCUT2D eigenvalue weighted by molar-refractivity contribution is -0.277. The number of aliphatic hydroxyl groups is 5. The molecule has 1 saturated heterocycles. The highest BCUT2D eigenvalue weighted by Gasteiger charge is 2.46. The van der Waals surface area contributed by atoms with Crippen LogP contribution in [0.5, 0.6) is 23.0 Å². The van der Waals surface area contributed by atoms with Crippen LogP contribution in [0.25, 0.3) is 0 Å². The molecule has 1 fully saturated rings. The van der Waals surface area contributed by atoms with E-state index in [2.05, 4.69) is 0 Å². The van der Waals surface area contributed by atoms with Gasteiger partial charge in [-0.15, -0.1) is 0 Å². The molecule has 0 radical (unpaired) electrons. The van der Waals surface area contributed by atoms with Crippen molar-refractivity contribution in [1.82, 2.24) is 0 Å². The maximum absolute atomic E-state index is 13.1. The Hall–Kier alpha value is -2.93. The van der Waals surface area contributed by atoms with E-state index in [-0.39, 0.29) is 28.6 Å². The molecule has 7 unspecified atom stereocenters. The summed E-state index contributed by atoms with van der Waals surface area (Å²) < 4.78 is 22.1. The third kappa shape index (κ3) is 4.22. The maximum Gasteiger partial charge on any atom is 0.229 e. The molecule has 2 heterocycles. The number of rotatable bonds is 5. The minimum Gasteiger partial charge on any atom is -0.508 e. The van der Waals surface area contributed by atoms with Crippen molar-refractivity contribution in [2.45, 2.75) is 42.9 Å². The van der Waals surface area contributed by atoms with Crippen LogP contribution in [-0.2, 0) is 4.74 Å². The largest absolute Gasteiger partial charge is 0.508 e. The van der Waals surface area contributed by atoms with Gasteiger partial charge in [-0.3, -0.25) is 4.79 Å². The van der Waals surface area contributed by atoms with Gasteiger partial charge in [-0.1, -0.05) is 12.1 Å². The van der Waals surface area contributed by atoms with Gasteiger partial charge in [-0.05, 0) is 17.7 Å². The molecule has 4 rings (SSSR count). The molecule has 33 heavy (non-hydrogen) atoms. The smallest absolute Gasteiger partial charge is 0.229 e. The highest BCUT2D eigenvalue weighted by Crippen LogP contribution is 2.43. The minimum atomic E-state index is -1.71. The Labute approximate surface area is 188 Å². The number of hydrogen-bond acceptors (Lipinski definition) is 11. The summed E-state index contributed by atoms with van der Waals surface area (Å²) >= 11 is 0. The fraction of sp³-hybridized carbons (Fsp3) is 0.409. The van der Waals surface area contributed by atoms with E-state index >= 15 is 0 Å². The highest BCUT2D eigenvalue weighted by atomic mass is 16.7. The molecule has 11 heteroatoms. The number of methoxy groups -OCH3 is 1. The van der Waals surface area contributed by atoms with Gasteiger partial charge >= 0.3 is 0 Å². The molecule has 2 aliphatic heterocycles. The lowest BCUT2D eigenvalue weighted by atomic mass is 9.92. The van der Waals surface area contributed by atoms with Gasteiger partial charge < -0.3 is 49.6 Å². The standard InChI is InChI=1S/C22H24O11/c1-30-11-6-12-15(17(26)19(28)21(31-12)9-2-4-10(24)5-3-9)13(7-11)32-22-20(29)18(27)16(25)14(8-23)33-22/h2-7,14,16,18-25,27-29H,8H2,1H3. The maximum atomic E-state index is 13.1. The van der Waals surface area contributed by atoms with Crippen molar-refractivity contribution in [1.29, 1.82) is 0 Å². The number of fused-ring (bicyclic) bond motifs is 1. The number of aromatic hydroxyl groups is 1. The second-order valence-corrected chi connectivity index (χ2v) is 7.75. The second kappa shape index (κ2) is 9.14. The summed E-state index contributed by atoms with van der Waals surface area (Å²) in [7, 11) is 1.37. The normalized spacial score (nSPS) is 31.5. The predicted molar refractivity (Wildman–Crippen MR) is 109 cm³/mol.